The SMILES string of the molecule is CC1(CNCc2cccc3ccccc23)CCCO1. The molecule has 3 rings (SSSR count). The zero-order chi connectivity index (χ0) is 13.1. The quantitative estimate of drug-likeness (QED) is 0.903. The van der Waals surface area contributed by atoms with Gasteiger partial charge in [0.25, 0.3) is 0 Å². The minimum atomic E-state index is 0.0323. The van der Waals surface area contributed by atoms with Crippen molar-refractivity contribution in [3.63, 3.8) is 0 Å². The number of fused-ring (bicyclic) bond motifs is 1. The molecule has 0 aromatic heterocycles. The monoisotopic (exact) mass is 255 g/mol. The van der Waals surface area contributed by atoms with Crippen LogP contribution in [-0.4, -0.2) is 18.8 Å². The molecular weight excluding hydrogens is 234 g/mol. The lowest BCUT2D eigenvalue weighted by Gasteiger charge is -2.23. The number of benzene rings is 2. The molecule has 1 aliphatic rings. The van der Waals surface area contributed by atoms with Crippen molar-refractivity contribution in [2.45, 2.75) is 31.9 Å². The molecule has 1 heterocycles. The van der Waals surface area contributed by atoms with E-state index in [9.17, 15) is 0 Å². The highest BCUT2D eigenvalue weighted by Crippen LogP contribution is 2.24. The van der Waals surface area contributed by atoms with Gasteiger partial charge >= 0.3 is 0 Å². The fraction of sp³-hybridized carbons (Fsp3) is 0.412. The van der Waals surface area contributed by atoms with Crippen LogP contribution >= 0.6 is 0 Å². The molecule has 2 nitrogen and oxygen atoms in total. The smallest absolute Gasteiger partial charge is 0.0779 e. The molecule has 0 aliphatic carbocycles. The van der Waals surface area contributed by atoms with Crippen LogP contribution in [0.2, 0.25) is 0 Å². The minimum absolute atomic E-state index is 0.0323. The van der Waals surface area contributed by atoms with E-state index in [0.29, 0.717) is 0 Å². The van der Waals surface area contributed by atoms with E-state index in [1.54, 1.807) is 0 Å². The van der Waals surface area contributed by atoms with Gasteiger partial charge in [-0.05, 0) is 36.1 Å². The van der Waals surface area contributed by atoms with E-state index in [1.165, 1.54) is 22.8 Å². The molecule has 1 saturated heterocycles. The standard InChI is InChI=1S/C17H21NO/c1-17(10-5-11-19-17)13-18-12-15-8-4-7-14-6-2-3-9-16(14)15/h2-4,6-9,18H,5,10-13H2,1H3. The third-order valence-electron chi connectivity index (χ3n) is 3.99. The second-order valence-electron chi connectivity index (χ2n) is 5.64. The van der Waals surface area contributed by atoms with Gasteiger partial charge in [0.05, 0.1) is 5.60 Å². The Labute approximate surface area is 114 Å². The summed E-state index contributed by atoms with van der Waals surface area (Å²) in [6.45, 7) is 4.94. The van der Waals surface area contributed by atoms with Crippen molar-refractivity contribution < 1.29 is 4.74 Å². The van der Waals surface area contributed by atoms with Crippen molar-refractivity contribution in [2.75, 3.05) is 13.2 Å². The van der Waals surface area contributed by atoms with Crippen LogP contribution < -0.4 is 5.32 Å². The van der Waals surface area contributed by atoms with Gasteiger partial charge in [0.2, 0.25) is 0 Å². The molecule has 19 heavy (non-hydrogen) atoms. The van der Waals surface area contributed by atoms with Gasteiger partial charge in [-0.25, -0.2) is 0 Å². The summed E-state index contributed by atoms with van der Waals surface area (Å²) in [5.74, 6) is 0. The number of hydrogen-bond acceptors (Lipinski definition) is 2. The van der Waals surface area contributed by atoms with Crippen LogP contribution in [0, 0.1) is 0 Å². The Balaban J connectivity index is 1.68. The second kappa shape index (κ2) is 5.32. The van der Waals surface area contributed by atoms with E-state index in [1.807, 2.05) is 0 Å². The number of rotatable bonds is 4. The highest BCUT2D eigenvalue weighted by Gasteiger charge is 2.28. The Morgan fingerprint density at radius 3 is 2.84 bits per heavy atom. The molecule has 0 spiro atoms. The van der Waals surface area contributed by atoms with E-state index in [4.69, 9.17) is 4.74 Å². The lowest BCUT2D eigenvalue weighted by atomic mass is 10.0. The lowest BCUT2D eigenvalue weighted by Crippen LogP contribution is -2.36. The van der Waals surface area contributed by atoms with Gasteiger partial charge in [0.1, 0.15) is 0 Å². The maximum Gasteiger partial charge on any atom is 0.0779 e. The van der Waals surface area contributed by atoms with Crippen molar-refractivity contribution in [1.82, 2.24) is 5.32 Å². The molecule has 1 N–H and O–H groups in total. The fourth-order valence-corrected chi connectivity index (χ4v) is 2.88. The summed E-state index contributed by atoms with van der Waals surface area (Å²) in [4.78, 5) is 0. The number of nitrogens with one attached hydrogen (secondary N) is 1. The molecule has 2 aromatic rings. The summed E-state index contributed by atoms with van der Waals surface area (Å²) in [5.41, 5.74) is 1.39. The van der Waals surface area contributed by atoms with Crippen molar-refractivity contribution in [2.24, 2.45) is 0 Å². The number of hydrogen-bond donors (Lipinski definition) is 1. The Bertz CT molecular complexity index is 553. The van der Waals surface area contributed by atoms with Gasteiger partial charge in [-0.2, -0.15) is 0 Å². The van der Waals surface area contributed by atoms with Crippen LogP contribution in [0.15, 0.2) is 42.5 Å². The molecule has 0 saturated carbocycles. The van der Waals surface area contributed by atoms with Crippen LogP contribution in [0.25, 0.3) is 10.8 Å². The van der Waals surface area contributed by atoms with Crippen molar-refractivity contribution in [1.29, 1.82) is 0 Å². The maximum atomic E-state index is 5.80. The van der Waals surface area contributed by atoms with Crippen LogP contribution in [0.5, 0.6) is 0 Å². The first kappa shape index (κ1) is 12.6. The lowest BCUT2D eigenvalue weighted by molar-refractivity contribution is 0.0207. The normalized spacial score (nSPS) is 23.0. The predicted molar refractivity (Wildman–Crippen MR) is 79.2 cm³/mol. The average Bonchev–Trinajstić information content (AvgIpc) is 2.86. The molecule has 0 radical (unpaired) electrons. The molecule has 0 amide bonds. The predicted octanol–water partition coefficient (Wildman–Crippen LogP) is 3.50. The first-order chi connectivity index (χ1) is 9.27. The highest BCUT2D eigenvalue weighted by molar-refractivity contribution is 5.85. The van der Waals surface area contributed by atoms with E-state index >= 15 is 0 Å². The topological polar surface area (TPSA) is 21.3 Å². The zero-order valence-electron chi connectivity index (χ0n) is 11.5. The molecule has 100 valence electrons. The maximum absolute atomic E-state index is 5.80. The first-order valence-electron chi connectivity index (χ1n) is 7.08. The summed E-state index contributed by atoms with van der Waals surface area (Å²) in [7, 11) is 0. The molecular formula is C17H21NO. The van der Waals surface area contributed by atoms with Gasteiger partial charge in [0.15, 0.2) is 0 Å². The third-order valence-corrected chi connectivity index (χ3v) is 3.99. The first-order valence-corrected chi connectivity index (χ1v) is 7.08. The number of ether oxygens (including phenoxy) is 1. The molecule has 2 heteroatoms. The fourth-order valence-electron chi connectivity index (χ4n) is 2.88. The summed E-state index contributed by atoms with van der Waals surface area (Å²) < 4.78 is 5.80. The third kappa shape index (κ3) is 2.80. The van der Waals surface area contributed by atoms with Crippen LogP contribution in [0.1, 0.15) is 25.3 Å². The zero-order valence-corrected chi connectivity index (χ0v) is 11.5. The van der Waals surface area contributed by atoms with Crippen molar-refractivity contribution >= 4 is 10.8 Å². The van der Waals surface area contributed by atoms with Crippen LogP contribution in [0.3, 0.4) is 0 Å². The van der Waals surface area contributed by atoms with Gasteiger partial charge in [-0.1, -0.05) is 42.5 Å². The summed E-state index contributed by atoms with van der Waals surface area (Å²) >= 11 is 0. The Hall–Kier alpha value is -1.38. The Morgan fingerprint density at radius 1 is 1.16 bits per heavy atom. The highest BCUT2D eigenvalue weighted by atomic mass is 16.5. The Kier molecular flexibility index (Phi) is 3.54. The van der Waals surface area contributed by atoms with Crippen LogP contribution in [-0.2, 0) is 11.3 Å². The summed E-state index contributed by atoms with van der Waals surface area (Å²) in [5, 5.41) is 6.20. The Morgan fingerprint density at radius 2 is 2.00 bits per heavy atom. The van der Waals surface area contributed by atoms with Gasteiger partial charge < -0.3 is 10.1 Å². The summed E-state index contributed by atoms with van der Waals surface area (Å²) in [6.07, 6.45) is 2.35. The van der Waals surface area contributed by atoms with Gasteiger partial charge in [0, 0.05) is 19.7 Å². The molecule has 1 fully saturated rings. The van der Waals surface area contributed by atoms with E-state index in [0.717, 1.165) is 26.1 Å². The van der Waals surface area contributed by atoms with E-state index in [2.05, 4.69) is 54.7 Å². The van der Waals surface area contributed by atoms with Gasteiger partial charge in [-0.15, -0.1) is 0 Å². The van der Waals surface area contributed by atoms with Crippen LogP contribution in [0.4, 0.5) is 0 Å². The second-order valence-corrected chi connectivity index (χ2v) is 5.64. The van der Waals surface area contributed by atoms with E-state index < -0.39 is 0 Å². The largest absolute Gasteiger partial charge is 0.374 e. The van der Waals surface area contributed by atoms with Crippen molar-refractivity contribution in [3.8, 4) is 0 Å². The average molecular weight is 255 g/mol. The summed E-state index contributed by atoms with van der Waals surface area (Å²) in [6, 6.07) is 15.1. The molecule has 1 unspecified atom stereocenters. The van der Waals surface area contributed by atoms with E-state index in [-0.39, 0.29) is 5.60 Å². The molecule has 1 atom stereocenters. The minimum Gasteiger partial charge on any atom is -0.374 e. The molecule has 2 aromatic carbocycles. The van der Waals surface area contributed by atoms with Gasteiger partial charge in [-0.3, -0.25) is 0 Å². The molecule has 0 bridgehead atoms. The molecule has 1 aliphatic heterocycles. The van der Waals surface area contributed by atoms with Crippen molar-refractivity contribution in [3.05, 3.63) is 48.0 Å².